The standard InChI is InChI=1S/C16H17FN4O2S3/c17-13-6-2-1-5-12(13)11-14-20-16(25-21-14)18-8-4-9-19-26(22,23)15-7-3-10-24-15/h1-3,5-7,10,19H,4,8-9,11H2,(H,18,20,21). The Morgan fingerprint density at radius 1 is 1.12 bits per heavy atom. The lowest BCUT2D eigenvalue weighted by molar-refractivity contribution is 0.582. The molecule has 3 aromatic rings. The van der Waals surface area contributed by atoms with Gasteiger partial charge in [-0.2, -0.15) is 4.37 Å². The SMILES string of the molecule is O=S(=O)(NCCCNc1nc(Cc2ccccc2F)ns1)c1cccs1. The van der Waals surface area contributed by atoms with Crippen molar-refractivity contribution in [2.75, 3.05) is 18.4 Å². The zero-order chi connectivity index (χ0) is 18.4. The molecule has 0 spiro atoms. The molecule has 0 aliphatic heterocycles. The van der Waals surface area contributed by atoms with Gasteiger partial charge in [-0.15, -0.1) is 11.3 Å². The van der Waals surface area contributed by atoms with Crippen LogP contribution in [0.4, 0.5) is 9.52 Å². The molecular formula is C16H17FN4O2S3. The van der Waals surface area contributed by atoms with Crippen LogP contribution in [0.3, 0.4) is 0 Å². The lowest BCUT2D eigenvalue weighted by Crippen LogP contribution is -2.25. The second kappa shape index (κ2) is 8.67. The Hall–Kier alpha value is -1.88. The van der Waals surface area contributed by atoms with E-state index in [1.54, 1.807) is 35.7 Å². The number of nitrogens with one attached hydrogen (secondary N) is 2. The normalized spacial score (nSPS) is 11.6. The van der Waals surface area contributed by atoms with Crippen molar-refractivity contribution in [2.45, 2.75) is 17.1 Å². The Bertz CT molecular complexity index is 942. The van der Waals surface area contributed by atoms with Gasteiger partial charge in [0.15, 0.2) is 0 Å². The Balaban J connectivity index is 1.42. The minimum Gasteiger partial charge on any atom is -0.360 e. The first kappa shape index (κ1) is 18.9. The molecule has 0 unspecified atom stereocenters. The summed E-state index contributed by atoms with van der Waals surface area (Å²) in [4.78, 5) is 4.33. The largest absolute Gasteiger partial charge is 0.360 e. The minimum atomic E-state index is -3.42. The van der Waals surface area contributed by atoms with E-state index in [1.807, 2.05) is 0 Å². The van der Waals surface area contributed by atoms with Gasteiger partial charge in [0.05, 0.1) is 0 Å². The van der Waals surface area contributed by atoms with Gasteiger partial charge in [-0.25, -0.2) is 22.5 Å². The molecule has 3 rings (SSSR count). The zero-order valence-electron chi connectivity index (χ0n) is 13.7. The van der Waals surface area contributed by atoms with E-state index in [1.165, 1.54) is 28.9 Å². The molecule has 0 bridgehead atoms. The number of hydrogen-bond acceptors (Lipinski definition) is 7. The van der Waals surface area contributed by atoms with Crippen molar-refractivity contribution in [3.63, 3.8) is 0 Å². The molecule has 6 nitrogen and oxygen atoms in total. The molecular weight excluding hydrogens is 395 g/mol. The first-order valence-corrected chi connectivity index (χ1v) is 11.0. The van der Waals surface area contributed by atoms with E-state index in [0.29, 0.717) is 46.7 Å². The average Bonchev–Trinajstić information content (AvgIpc) is 3.29. The molecule has 2 heterocycles. The second-order valence-corrected chi connectivity index (χ2v) is 9.09. The highest BCUT2D eigenvalue weighted by Crippen LogP contribution is 2.16. The van der Waals surface area contributed by atoms with E-state index in [0.717, 1.165) is 0 Å². The van der Waals surface area contributed by atoms with Gasteiger partial charge >= 0.3 is 0 Å². The third kappa shape index (κ3) is 5.07. The van der Waals surface area contributed by atoms with Crippen LogP contribution in [0.15, 0.2) is 46.0 Å². The maximum atomic E-state index is 13.6. The van der Waals surface area contributed by atoms with Gasteiger partial charge in [0.1, 0.15) is 15.9 Å². The summed E-state index contributed by atoms with van der Waals surface area (Å²) in [6.07, 6.45) is 0.943. The average molecular weight is 413 g/mol. The lowest BCUT2D eigenvalue weighted by atomic mass is 10.1. The predicted molar refractivity (Wildman–Crippen MR) is 102 cm³/mol. The molecule has 0 aliphatic carbocycles. The Labute approximate surface area is 159 Å². The number of anilines is 1. The summed E-state index contributed by atoms with van der Waals surface area (Å²) in [6.45, 7) is 0.884. The molecule has 0 aliphatic rings. The van der Waals surface area contributed by atoms with Crippen molar-refractivity contribution >= 4 is 38.0 Å². The van der Waals surface area contributed by atoms with Crippen molar-refractivity contribution in [1.82, 2.24) is 14.1 Å². The molecule has 0 saturated carbocycles. The summed E-state index contributed by atoms with van der Waals surface area (Å²) in [5, 5.41) is 5.47. The molecule has 10 heteroatoms. The van der Waals surface area contributed by atoms with E-state index >= 15 is 0 Å². The molecule has 1 aromatic carbocycles. The summed E-state index contributed by atoms with van der Waals surface area (Å²) < 4.78 is 44.7. The molecule has 0 atom stereocenters. The first-order valence-electron chi connectivity index (χ1n) is 7.87. The molecule has 0 fully saturated rings. The molecule has 0 amide bonds. The highest BCUT2D eigenvalue weighted by atomic mass is 32.2. The quantitative estimate of drug-likeness (QED) is 0.528. The van der Waals surface area contributed by atoms with E-state index < -0.39 is 10.0 Å². The van der Waals surface area contributed by atoms with Crippen LogP contribution in [0.25, 0.3) is 0 Å². The number of halogens is 1. The van der Waals surface area contributed by atoms with E-state index in [4.69, 9.17) is 0 Å². The van der Waals surface area contributed by atoms with Crippen molar-refractivity contribution in [1.29, 1.82) is 0 Å². The van der Waals surface area contributed by atoms with Gasteiger partial charge in [0, 0.05) is 31.0 Å². The minimum absolute atomic E-state index is 0.269. The lowest BCUT2D eigenvalue weighted by Gasteiger charge is -2.05. The van der Waals surface area contributed by atoms with Crippen LogP contribution in [0.2, 0.25) is 0 Å². The fraction of sp³-hybridized carbons (Fsp3) is 0.250. The number of benzene rings is 1. The van der Waals surface area contributed by atoms with E-state index in [-0.39, 0.29) is 5.82 Å². The molecule has 138 valence electrons. The van der Waals surface area contributed by atoms with Gasteiger partial charge in [-0.1, -0.05) is 24.3 Å². The Morgan fingerprint density at radius 2 is 1.96 bits per heavy atom. The summed E-state index contributed by atoms with van der Waals surface area (Å²) >= 11 is 2.39. The number of nitrogens with zero attached hydrogens (tertiary/aromatic N) is 2. The smallest absolute Gasteiger partial charge is 0.250 e. The summed E-state index contributed by atoms with van der Waals surface area (Å²) in [5.74, 6) is 0.288. The summed E-state index contributed by atoms with van der Waals surface area (Å²) in [5.41, 5.74) is 0.555. The monoisotopic (exact) mass is 412 g/mol. The van der Waals surface area contributed by atoms with Crippen molar-refractivity contribution < 1.29 is 12.8 Å². The van der Waals surface area contributed by atoms with Crippen molar-refractivity contribution in [3.05, 3.63) is 59.0 Å². The fourth-order valence-electron chi connectivity index (χ4n) is 2.19. The van der Waals surface area contributed by atoms with Gasteiger partial charge < -0.3 is 5.32 Å². The Morgan fingerprint density at radius 3 is 2.73 bits per heavy atom. The number of hydrogen-bond donors (Lipinski definition) is 2. The van der Waals surface area contributed by atoms with Crippen LogP contribution in [0, 0.1) is 5.82 Å². The fourth-order valence-corrected chi connectivity index (χ4v) is 4.91. The highest BCUT2D eigenvalue weighted by Gasteiger charge is 2.13. The molecule has 0 radical (unpaired) electrons. The molecule has 26 heavy (non-hydrogen) atoms. The van der Waals surface area contributed by atoms with E-state index in [9.17, 15) is 12.8 Å². The number of aromatic nitrogens is 2. The predicted octanol–water partition coefficient (Wildman–Crippen LogP) is 3.11. The van der Waals surface area contributed by atoms with Crippen LogP contribution in [0.5, 0.6) is 0 Å². The maximum Gasteiger partial charge on any atom is 0.250 e. The van der Waals surface area contributed by atoms with Crippen LogP contribution in [-0.2, 0) is 16.4 Å². The van der Waals surface area contributed by atoms with Gasteiger partial charge in [-0.3, -0.25) is 0 Å². The molecule has 2 N–H and O–H groups in total. The van der Waals surface area contributed by atoms with Crippen LogP contribution >= 0.6 is 22.9 Å². The van der Waals surface area contributed by atoms with Gasteiger partial charge in [-0.05, 0) is 29.5 Å². The number of thiophene rings is 1. The van der Waals surface area contributed by atoms with Crippen LogP contribution < -0.4 is 10.0 Å². The van der Waals surface area contributed by atoms with Gasteiger partial charge in [0.25, 0.3) is 0 Å². The maximum absolute atomic E-state index is 13.6. The number of rotatable bonds is 9. The Kier molecular flexibility index (Phi) is 6.30. The van der Waals surface area contributed by atoms with Crippen LogP contribution in [-0.4, -0.2) is 30.9 Å². The topological polar surface area (TPSA) is 84.0 Å². The highest BCUT2D eigenvalue weighted by molar-refractivity contribution is 7.91. The summed E-state index contributed by atoms with van der Waals surface area (Å²) in [6, 6.07) is 9.83. The molecule has 0 saturated heterocycles. The molecule has 2 aromatic heterocycles. The van der Waals surface area contributed by atoms with Crippen molar-refractivity contribution in [3.8, 4) is 0 Å². The third-order valence-electron chi connectivity index (χ3n) is 3.46. The third-order valence-corrected chi connectivity index (χ3v) is 7.03. The van der Waals surface area contributed by atoms with E-state index in [2.05, 4.69) is 19.4 Å². The summed E-state index contributed by atoms with van der Waals surface area (Å²) in [7, 11) is -3.42. The second-order valence-electron chi connectivity index (χ2n) is 5.39. The van der Waals surface area contributed by atoms with Crippen LogP contribution in [0.1, 0.15) is 17.8 Å². The van der Waals surface area contributed by atoms with Gasteiger partial charge in [0.2, 0.25) is 15.2 Å². The zero-order valence-corrected chi connectivity index (χ0v) is 16.1. The number of sulfonamides is 1. The first-order chi connectivity index (χ1) is 12.5. The van der Waals surface area contributed by atoms with Crippen molar-refractivity contribution in [2.24, 2.45) is 0 Å².